The lowest BCUT2D eigenvalue weighted by Crippen LogP contribution is -2.31. The van der Waals surface area contributed by atoms with Gasteiger partial charge in [0.05, 0.1) is 10.5 Å². The molecule has 0 spiro atoms. The van der Waals surface area contributed by atoms with E-state index in [0.717, 1.165) is 24.0 Å². The summed E-state index contributed by atoms with van der Waals surface area (Å²) in [4.78, 5) is 25.0. The Morgan fingerprint density at radius 3 is 2.31 bits per heavy atom. The molecule has 0 unspecified atom stereocenters. The number of primary amides is 1. The van der Waals surface area contributed by atoms with Gasteiger partial charge in [-0.05, 0) is 49.6 Å². The van der Waals surface area contributed by atoms with Crippen LogP contribution in [0.1, 0.15) is 30.1 Å². The monoisotopic (exact) mass is 493 g/mol. The number of nitrogens with two attached hydrogens (primary N) is 1. The molecule has 35 heavy (non-hydrogen) atoms. The van der Waals surface area contributed by atoms with Gasteiger partial charge in [-0.15, -0.1) is 0 Å². The van der Waals surface area contributed by atoms with Gasteiger partial charge in [-0.2, -0.15) is 4.31 Å². The third-order valence-corrected chi connectivity index (χ3v) is 7.76. The van der Waals surface area contributed by atoms with Gasteiger partial charge in [0.15, 0.2) is 6.10 Å². The average molecular weight is 494 g/mol. The fourth-order valence-corrected chi connectivity index (χ4v) is 5.53. The van der Waals surface area contributed by atoms with Gasteiger partial charge in [0, 0.05) is 24.3 Å². The first-order valence-electron chi connectivity index (χ1n) is 11.3. The number of nitrogens with one attached hydrogen (secondary N) is 1. The number of amides is 2. The number of benzene rings is 3. The number of carbonyl (C=O) groups excluding carboxylic acids is 2. The molecule has 0 aliphatic carbocycles. The lowest BCUT2D eigenvalue weighted by atomic mass is 10.0. The van der Waals surface area contributed by atoms with Gasteiger partial charge in [-0.3, -0.25) is 9.59 Å². The molecule has 0 bridgehead atoms. The van der Waals surface area contributed by atoms with Crippen LogP contribution in [0.5, 0.6) is 5.75 Å². The first kappa shape index (κ1) is 24.4. The van der Waals surface area contributed by atoms with Crippen LogP contribution in [0.15, 0.2) is 77.7 Å². The molecule has 1 fully saturated rings. The quantitative estimate of drug-likeness (QED) is 0.497. The van der Waals surface area contributed by atoms with Crippen molar-refractivity contribution in [2.24, 2.45) is 5.73 Å². The third-order valence-electron chi connectivity index (χ3n) is 5.86. The summed E-state index contributed by atoms with van der Waals surface area (Å²) in [5.74, 6) is -1.24. The second kappa shape index (κ2) is 10.3. The Kier molecular flexibility index (Phi) is 7.18. The van der Waals surface area contributed by atoms with Gasteiger partial charge >= 0.3 is 0 Å². The Bertz CT molecular complexity index is 1340. The third kappa shape index (κ3) is 5.36. The number of para-hydroxylation sites is 1. The Morgan fingerprint density at radius 1 is 0.971 bits per heavy atom. The molecule has 1 aliphatic rings. The van der Waals surface area contributed by atoms with Gasteiger partial charge in [-0.25, -0.2) is 8.42 Å². The van der Waals surface area contributed by atoms with Crippen LogP contribution in [-0.2, 0) is 14.8 Å². The van der Waals surface area contributed by atoms with E-state index in [4.69, 9.17) is 10.5 Å². The molecule has 3 aromatic carbocycles. The van der Waals surface area contributed by atoms with Gasteiger partial charge in [-0.1, -0.05) is 48.5 Å². The number of hydrogen-bond acceptors (Lipinski definition) is 5. The molecule has 3 N–H and O–H groups in total. The van der Waals surface area contributed by atoms with Crippen LogP contribution < -0.4 is 15.8 Å². The summed E-state index contributed by atoms with van der Waals surface area (Å²) in [7, 11) is -3.74. The summed E-state index contributed by atoms with van der Waals surface area (Å²) in [5, 5.41) is 2.87. The summed E-state index contributed by atoms with van der Waals surface area (Å²) >= 11 is 0. The molecule has 3 aromatic rings. The SMILES string of the molecule is C[C@@H](Oc1ccc(S(=O)(=O)N2CCCC2)cc1C(N)=O)C(=O)Nc1ccccc1-c1ccccc1. The first-order chi connectivity index (χ1) is 16.8. The summed E-state index contributed by atoms with van der Waals surface area (Å²) in [5.41, 5.74) is 7.82. The zero-order chi connectivity index (χ0) is 25.0. The molecule has 1 saturated heterocycles. The van der Waals surface area contributed by atoms with E-state index in [9.17, 15) is 18.0 Å². The fraction of sp³-hybridized carbons (Fsp3) is 0.231. The molecule has 1 heterocycles. The number of ether oxygens (including phenoxy) is 1. The molecule has 0 radical (unpaired) electrons. The maximum atomic E-state index is 12.9. The minimum Gasteiger partial charge on any atom is -0.480 e. The van der Waals surface area contributed by atoms with Gasteiger partial charge in [0.2, 0.25) is 10.0 Å². The van der Waals surface area contributed by atoms with Crippen molar-refractivity contribution in [3.05, 3.63) is 78.4 Å². The second-order valence-corrected chi connectivity index (χ2v) is 10.2. The first-order valence-corrected chi connectivity index (χ1v) is 12.8. The molecular formula is C26H27N3O5S. The Morgan fingerprint density at radius 2 is 1.63 bits per heavy atom. The fourth-order valence-electron chi connectivity index (χ4n) is 3.98. The molecule has 2 amide bonds. The summed E-state index contributed by atoms with van der Waals surface area (Å²) in [6, 6.07) is 21.0. The van der Waals surface area contributed by atoms with Crippen LogP contribution in [0.25, 0.3) is 11.1 Å². The summed E-state index contributed by atoms with van der Waals surface area (Å²) in [6.07, 6.45) is 0.602. The van der Waals surface area contributed by atoms with Crippen molar-refractivity contribution in [1.29, 1.82) is 0 Å². The van der Waals surface area contributed by atoms with Crippen molar-refractivity contribution in [2.45, 2.75) is 30.8 Å². The highest BCUT2D eigenvalue weighted by molar-refractivity contribution is 7.89. The summed E-state index contributed by atoms with van der Waals surface area (Å²) in [6.45, 7) is 2.42. The number of anilines is 1. The van der Waals surface area contributed by atoms with Crippen molar-refractivity contribution < 1.29 is 22.7 Å². The van der Waals surface area contributed by atoms with Crippen molar-refractivity contribution in [3.8, 4) is 16.9 Å². The van der Waals surface area contributed by atoms with E-state index in [1.807, 2.05) is 48.5 Å². The smallest absolute Gasteiger partial charge is 0.265 e. The number of hydrogen-bond donors (Lipinski definition) is 2. The second-order valence-electron chi connectivity index (χ2n) is 8.29. The molecule has 1 aliphatic heterocycles. The standard InChI is InChI=1S/C26H27N3O5S/c1-18(26(31)28-23-12-6-5-11-21(23)19-9-3-2-4-10-19)34-24-14-13-20(17-22(24)25(27)30)35(32,33)29-15-7-8-16-29/h2-6,9-14,17-18H,7-8,15-16H2,1H3,(H2,27,30)(H,28,31)/t18-/m1/s1. The largest absolute Gasteiger partial charge is 0.480 e. The van der Waals surface area contributed by atoms with Crippen molar-refractivity contribution >= 4 is 27.5 Å². The highest BCUT2D eigenvalue weighted by Crippen LogP contribution is 2.29. The van der Waals surface area contributed by atoms with Crippen molar-refractivity contribution in [3.63, 3.8) is 0 Å². The highest BCUT2D eigenvalue weighted by atomic mass is 32.2. The number of rotatable bonds is 8. The van der Waals surface area contributed by atoms with Crippen LogP contribution >= 0.6 is 0 Å². The highest BCUT2D eigenvalue weighted by Gasteiger charge is 2.29. The molecule has 0 saturated carbocycles. The maximum absolute atomic E-state index is 12.9. The van der Waals surface area contributed by atoms with Crippen LogP contribution in [0.2, 0.25) is 0 Å². The van der Waals surface area contributed by atoms with Gasteiger partial charge in [0.1, 0.15) is 5.75 Å². The van der Waals surface area contributed by atoms with E-state index in [-0.39, 0.29) is 16.2 Å². The maximum Gasteiger partial charge on any atom is 0.265 e. The van der Waals surface area contributed by atoms with Crippen LogP contribution in [0.4, 0.5) is 5.69 Å². The lowest BCUT2D eigenvalue weighted by molar-refractivity contribution is -0.122. The van der Waals surface area contributed by atoms with Crippen molar-refractivity contribution in [2.75, 3.05) is 18.4 Å². The average Bonchev–Trinajstić information content (AvgIpc) is 3.41. The number of sulfonamides is 1. The van der Waals surface area contributed by atoms with Gasteiger partial charge < -0.3 is 15.8 Å². The van der Waals surface area contributed by atoms with E-state index in [2.05, 4.69) is 5.32 Å². The zero-order valence-electron chi connectivity index (χ0n) is 19.3. The normalized spacial score (nSPS) is 14.9. The number of carbonyl (C=O) groups is 2. The van der Waals surface area contributed by atoms with E-state index < -0.39 is 27.9 Å². The molecule has 9 heteroatoms. The topological polar surface area (TPSA) is 119 Å². The Balaban J connectivity index is 1.54. The molecule has 8 nitrogen and oxygen atoms in total. The van der Waals surface area contributed by atoms with E-state index in [0.29, 0.717) is 18.8 Å². The molecule has 4 rings (SSSR count). The molecular weight excluding hydrogens is 466 g/mol. The van der Waals surface area contributed by atoms with E-state index >= 15 is 0 Å². The van der Waals surface area contributed by atoms with E-state index in [1.54, 1.807) is 13.0 Å². The van der Waals surface area contributed by atoms with Crippen LogP contribution in [0.3, 0.4) is 0 Å². The van der Waals surface area contributed by atoms with E-state index in [1.165, 1.54) is 22.5 Å². The summed E-state index contributed by atoms with van der Waals surface area (Å²) < 4.78 is 32.9. The Hall–Kier alpha value is -3.69. The minimum absolute atomic E-state index is 0.0329. The van der Waals surface area contributed by atoms with Crippen LogP contribution in [-0.4, -0.2) is 43.7 Å². The minimum atomic E-state index is -3.74. The predicted molar refractivity (Wildman–Crippen MR) is 134 cm³/mol. The molecule has 1 atom stereocenters. The van der Waals surface area contributed by atoms with Crippen LogP contribution in [0, 0.1) is 0 Å². The Labute approximate surface area is 204 Å². The lowest BCUT2D eigenvalue weighted by Gasteiger charge is -2.19. The van der Waals surface area contributed by atoms with Crippen molar-refractivity contribution in [1.82, 2.24) is 4.31 Å². The zero-order valence-corrected chi connectivity index (χ0v) is 20.1. The predicted octanol–water partition coefficient (Wildman–Crippen LogP) is 3.64. The molecule has 0 aromatic heterocycles. The van der Waals surface area contributed by atoms with Gasteiger partial charge in [0.25, 0.3) is 11.8 Å². The molecule has 182 valence electrons. The number of nitrogens with zero attached hydrogens (tertiary/aromatic N) is 1.